The molecule has 104 valence electrons. The minimum Gasteiger partial charge on any atom is -0.481 e. The van der Waals surface area contributed by atoms with Gasteiger partial charge in [-0.2, -0.15) is 0 Å². The van der Waals surface area contributed by atoms with Crippen LogP contribution >= 0.6 is 0 Å². The molecule has 0 aromatic rings. The number of aliphatic carboxylic acids is 1. The fourth-order valence-electron chi connectivity index (χ4n) is 2.21. The Morgan fingerprint density at radius 1 is 1.33 bits per heavy atom. The van der Waals surface area contributed by atoms with Gasteiger partial charge < -0.3 is 14.7 Å². The average Bonchev–Trinajstić information content (AvgIpc) is 2.78. The minimum absolute atomic E-state index is 0.00373. The van der Waals surface area contributed by atoms with Crippen molar-refractivity contribution < 1.29 is 19.4 Å². The maximum Gasteiger partial charge on any atom is 0.305 e. The summed E-state index contributed by atoms with van der Waals surface area (Å²) in [6.07, 6.45) is 4.60. The SMILES string of the molecule is CC(C)N(CCC(=O)O)C(=O)COC1CCCC1. The number of amides is 1. The van der Waals surface area contributed by atoms with E-state index in [-0.39, 0.29) is 37.6 Å². The van der Waals surface area contributed by atoms with E-state index in [4.69, 9.17) is 9.84 Å². The Kier molecular flexibility index (Phi) is 6.12. The van der Waals surface area contributed by atoms with Crippen LogP contribution in [0.4, 0.5) is 0 Å². The van der Waals surface area contributed by atoms with E-state index in [0.29, 0.717) is 0 Å². The van der Waals surface area contributed by atoms with Crippen LogP contribution in [0.25, 0.3) is 0 Å². The molecule has 0 bridgehead atoms. The lowest BCUT2D eigenvalue weighted by molar-refractivity contribution is -0.142. The van der Waals surface area contributed by atoms with Crippen LogP contribution in [0.1, 0.15) is 46.0 Å². The Morgan fingerprint density at radius 2 is 1.94 bits per heavy atom. The van der Waals surface area contributed by atoms with E-state index in [9.17, 15) is 9.59 Å². The van der Waals surface area contributed by atoms with E-state index >= 15 is 0 Å². The van der Waals surface area contributed by atoms with Crippen LogP contribution in [0.3, 0.4) is 0 Å². The lowest BCUT2D eigenvalue weighted by Crippen LogP contribution is -2.41. The van der Waals surface area contributed by atoms with Crippen molar-refractivity contribution >= 4 is 11.9 Å². The second-order valence-corrected chi connectivity index (χ2v) is 5.04. The van der Waals surface area contributed by atoms with Crippen LogP contribution in [0.2, 0.25) is 0 Å². The van der Waals surface area contributed by atoms with Gasteiger partial charge in [0.1, 0.15) is 6.61 Å². The van der Waals surface area contributed by atoms with Crippen molar-refractivity contribution in [3.8, 4) is 0 Å². The third-order valence-corrected chi connectivity index (χ3v) is 3.25. The number of rotatable bonds is 7. The fourth-order valence-corrected chi connectivity index (χ4v) is 2.21. The van der Waals surface area contributed by atoms with E-state index in [1.807, 2.05) is 13.8 Å². The van der Waals surface area contributed by atoms with E-state index in [1.165, 1.54) is 12.8 Å². The van der Waals surface area contributed by atoms with Crippen LogP contribution in [-0.4, -0.2) is 47.2 Å². The molecule has 0 aliphatic heterocycles. The number of carboxylic acids is 1. The highest BCUT2D eigenvalue weighted by Crippen LogP contribution is 2.20. The summed E-state index contributed by atoms with van der Waals surface area (Å²) in [5.41, 5.74) is 0. The molecule has 18 heavy (non-hydrogen) atoms. The summed E-state index contributed by atoms with van der Waals surface area (Å²) in [5.74, 6) is -0.997. The third-order valence-electron chi connectivity index (χ3n) is 3.25. The third kappa shape index (κ3) is 5.04. The quantitative estimate of drug-likeness (QED) is 0.753. The Bertz CT molecular complexity index is 285. The molecule has 1 amide bonds. The normalized spacial score (nSPS) is 16.2. The molecular weight excluding hydrogens is 234 g/mol. The standard InChI is InChI=1S/C13H23NO4/c1-10(2)14(8-7-13(16)17)12(15)9-18-11-5-3-4-6-11/h10-11H,3-9H2,1-2H3,(H,16,17). The molecule has 0 spiro atoms. The number of carbonyl (C=O) groups excluding carboxylic acids is 1. The van der Waals surface area contributed by atoms with Crippen molar-refractivity contribution in [3.63, 3.8) is 0 Å². The number of carboxylic acid groups (broad SMARTS) is 1. The van der Waals surface area contributed by atoms with Crippen LogP contribution in [0, 0.1) is 0 Å². The predicted molar refractivity (Wildman–Crippen MR) is 67.3 cm³/mol. The van der Waals surface area contributed by atoms with Gasteiger partial charge in [0, 0.05) is 12.6 Å². The molecule has 1 saturated carbocycles. The van der Waals surface area contributed by atoms with Crippen molar-refractivity contribution in [2.45, 2.75) is 58.1 Å². The largest absolute Gasteiger partial charge is 0.481 e. The van der Waals surface area contributed by atoms with E-state index in [0.717, 1.165) is 12.8 Å². The average molecular weight is 257 g/mol. The second-order valence-electron chi connectivity index (χ2n) is 5.04. The van der Waals surface area contributed by atoms with Crippen molar-refractivity contribution in [3.05, 3.63) is 0 Å². The molecule has 1 fully saturated rings. The van der Waals surface area contributed by atoms with E-state index < -0.39 is 5.97 Å². The van der Waals surface area contributed by atoms with Crippen molar-refractivity contribution in [2.24, 2.45) is 0 Å². The van der Waals surface area contributed by atoms with Crippen LogP contribution in [0.5, 0.6) is 0 Å². The van der Waals surface area contributed by atoms with Gasteiger partial charge in [0.25, 0.3) is 0 Å². The lowest BCUT2D eigenvalue weighted by atomic mass is 10.2. The first-order valence-corrected chi connectivity index (χ1v) is 6.63. The van der Waals surface area contributed by atoms with Crippen LogP contribution in [-0.2, 0) is 14.3 Å². The van der Waals surface area contributed by atoms with Gasteiger partial charge in [0.05, 0.1) is 12.5 Å². The van der Waals surface area contributed by atoms with Crippen molar-refractivity contribution in [2.75, 3.05) is 13.2 Å². The monoisotopic (exact) mass is 257 g/mol. The molecule has 0 unspecified atom stereocenters. The summed E-state index contributed by atoms with van der Waals surface area (Å²) in [4.78, 5) is 24.1. The molecule has 1 aliphatic rings. The molecular formula is C13H23NO4. The highest BCUT2D eigenvalue weighted by molar-refractivity contribution is 5.78. The fraction of sp³-hybridized carbons (Fsp3) is 0.846. The number of ether oxygens (including phenoxy) is 1. The number of nitrogens with zero attached hydrogens (tertiary/aromatic N) is 1. The Morgan fingerprint density at radius 3 is 2.44 bits per heavy atom. The van der Waals surface area contributed by atoms with Gasteiger partial charge in [0.2, 0.25) is 5.91 Å². The van der Waals surface area contributed by atoms with Gasteiger partial charge in [-0.1, -0.05) is 12.8 Å². The molecule has 0 radical (unpaired) electrons. The van der Waals surface area contributed by atoms with Crippen LogP contribution < -0.4 is 0 Å². The first-order chi connectivity index (χ1) is 8.50. The number of hydrogen-bond acceptors (Lipinski definition) is 3. The van der Waals surface area contributed by atoms with Crippen molar-refractivity contribution in [1.82, 2.24) is 4.90 Å². The van der Waals surface area contributed by atoms with Gasteiger partial charge in [0.15, 0.2) is 0 Å². The van der Waals surface area contributed by atoms with Crippen LogP contribution in [0.15, 0.2) is 0 Å². The smallest absolute Gasteiger partial charge is 0.305 e. The van der Waals surface area contributed by atoms with E-state index in [2.05, 4.69) is 0 Å². The summed E-state index contributed by atoms with van der Waals surface area (Å²) in [5, 5.41) is 8.66. The zero-order valence-corrected chi connectivity index (χ0v) is 11.2. The van der Waals surface area contributed by atoms with Gasteiger partial charge in [-0.05, 0) is 26.7 Å². The number of carbonyl (C=O) groups is 2. The molecule has 1 aliphatic carbocycles. The molecule has 1 rings (SSSR count). The minimum atomic E-state index is -0.884. The highest BCUT2D eigenvalue weighted by atomic mass is 16.5. The first kappa shape index (κ1) is 15.0. The topological polar surface area (TPSA) is 66.8 Å². The molecule has 1 N–H and O–H groups in total. The lowest BCUT2D eigenvalue weighted by Gasteiger charge is -2.26. The highest BCUT2D eigenvalue weighted by Gasteiger charge is 2.21. The van der Waals surface area contributed by atoms with Gasteiger partial charge in [-0.3, -0.25) is 9.59 Å². The molecule has 5 heteroatoms. The zero-order chi connectivity index (χ0) is 13.5. The summed E-state index contributed by atoms with van der Waals surface area (Å²) < 4.78 is 5.56. The Labute approximate surface area is 108 Å². The molecule has 0 saturated heterocycles. The predicted octanol–water partition coefficient (Wildman–Crippen LogP) is 1.66. The second kappa shape index (κ2) is 7.36. The maximum atomic E-state index is 12.0. The van der Waals surface area contributed by atoms with Gasteiger partial charge in [-0.15, -0.1) is 0 Å². The molecule has 0 aromatic heterocycles. The summed E-state index contributed by atoms with van der Waals surface area (Å²) in [6, 6.07) is 0.00373. The molecule has 0 aromatic carbocycles. The Hall–Kier alpha value is -1.10. The van der Waals surface area contributed by atoms with E-state index in [1.54, 1.807) is 4.90 Å². The first-order valence-electron chi connectivity index (χ1n) is 6.63. The summed E-state index contributed by atoms with van der Waals surface area (Å²) >= 11 is 0. The number of hydrogen-bond donors (Lipinski definition) is 1. The summed E-state index contributed by atoms with van der Waals surface area (Å²) in [7, 11) is 0. The molecule has 0 atom stereocenters. The Balaban J connectivity index is 2.35. The maximum absolute atomic E-state index is 12.0. The summed E-state index contributed by atoms with van der Waals surface area (Å²) in [6.45, 7) is 4.09. The van der Waals surface area contributed by atoms with Crippen molar-refractivity contribution in [1.29, 1.82) is 0 Å². The van der Waals surface area contributed by atoms with Gasteiger partial charge >= 0.3 is 5.97 Å². The zero-order valence-electron chi connectivity index (χ0n) is 11.2. The molecule has 0 heterocycles. The molecule has 5 nitrogen and oxygen atoms in total. The van der Waals surface area contributed by atoms with Gasteiger partial charge in [-0.25, -0.2) is 0 Å².